The third-order valence-corrected chi connectivity index (χ3v) is 8.47. The maximum absolute atomic E-state index is 13.1. The monoisotopic (exact) mass is 666 g/mol. The van der Waals surface area contributed by atoms with Crippen molar-refractivity contribution in [3.05, 3.63) is 72.1 Å². The van der Waals surface area contributed by atoms with Gasteiger partial charge in [-0.15, -0.1) is 0 Å². The van der Waals surface area contributed by atoms with Gasteiger partial charge in [0.25, 0.3) is 5.91 Å². The second kappa shape index (κ2) is 11.3. The van der Waals surface area contributed by atoms with E-state index in [1.54, 1.807) is 18.2 Å². The molecule has 0 fully saturated rings. The van der Waals surface area contributed by atoms with Gasteiger partial charge in [-0.1, -0.05) is 23.2 Å². The van der Waals surface area contributed by atoms with Crippen molar-refractivity contribution in [3.63, 3.8) is 0 Å². The number of amides is 1. The first-order valence-electron chi connectivity index (χ1n) is 12.3. The normalized spacial score (nSPS) is 17.6. The van der Waals surface area contributed by atoms with Gasteiger partial charge in [-0.05, 0) is 84.2 Å². The Morgan fingerprint density at radius 2 is 1.66 bits per heavy atom. The third-order valence-electron chi connectivity index (χ3n) is 6.93. The molecule has 10 heteroatoms. The van der Waals surface area contributed by atoms with Crippen LogP contribution in [0.1, 0.15) is 50.0 Å². The van der Waals surface area contributed by atoms with Gasteiger partial charge >= 0.3 is 0 Å². The van der Waals surface area contributed by atoms with E-state index in [0.717, 1.165) is 42.6 Å². The number of ketones is 2. The molecule has 2 aromatic carbocycles. The Kier molecular flexibility index (Phi) is 8.02. The number of dihydropyridines is 1. The highest BCUT2D eigenvalue weighted by molar-refractivity contribution is 14.1. The predicted octanol–water partition coefficient (Wildman–Crippen LogP) is 6.33. The molecule has 0 saturated heterocycles. The van der Waals surface area contributed by atoms with Crippen LogP contribution < -0.4 is 20.1 Å². The van der Waals surface area contributed by atoms with Gasteiger partial charge in [0, 0.05) is 47.0 Å². The van der Waals surface area contributed by atoms with Crippen LogP contribution >= 0.6 is 45.8 Å². The summed E-state index contributed by atoms with van der Waals surface area (Å²) < 4.78 is 12.2. The van der Waals surface area contributed by atoms with Crippen LogP contribution in [0.15, 0.2) is 52.9 Å². The Morgan fingerprint density at radius 3 is 2.26 bits per heavy atom. The van der Waals surface area contributed by atoms with E-state index in [0.29, 0.717) is 54.8 Å². The van der Waals surface area contributed by atoms with Gasteiger partial charge in [0.05, 0.1) is 20.7 Å². The van der Waals surface area contributed by atoms with Gasteiger partial charge in [-0.3, -0.25) is 14.4 Å². The first kappa shape index (κ1) is 27.0. The van der Waals surface area contributed by atoms with Crippen LogP contribution in [0.25, 0.3) is 0 Å². The number of carbonyl (C=O) groups excluding carboxylic acids is 3. The predicted molar refractivity (Wildman–Crippen MR) is 154 cm³/mol. The smallest absolute Gasteiger partial charge is 0.262 e. The summed E-state index contributed by atoms with van der Waals surface area (Å²) in [6.07, 6.45) is 4.10. The lowest BCUT2D eigenvalue weighted by atomic mass is 9.71. The second-order valence-electron chi connectivity index (χ2n) is 9.40. The minimum absolute atomic E-state index is 0.0712. The zero-order valence-corrected chi connectivity index (χ0v) is 24.3. The highest BCUT2D eigenvalue weighted by Gasteiger charge is 2.40. The lowest BCUT2D eigenvalue weighted by molar-refractivity contribution is -0.118. The van der Waals surface area contributed by atoms with Crippen LogP contribution in [0.5, 0.6) is 11.5 Å². The standard InChI is InChI=1S/C28H25Cl2IN2O5/c1-37-23-11-14(10-18(31)28(23)38-13-24(36)32-15-8-9-16(29)17(30)12-15)25-26-19(4-2-6-21(26)34)33-20-5-3-7-22(35)27(20)25/h8-12,25,33H,2-7,13H2,1H3,(H,32,36). The van der Waals surface area contributed by atoms with Crippen molar-refractivity contribution in [1.82, 2.24) is 5.32 Å². The van der Waals surface area contributed by atoms with Gasteiger partial charge in [-0.25, -0.2) is 0 Å². The largest absolute Gasteiger partial charge is 0.493 e. The maximum atomic E-state index is 13.1. The molecule has 0 bridgehead atoms. The summed E-state index contributed by atoms with van der Waals surface area (Å²) in [5.74, 6) is 0.140. The number of hydrogen-bond acceptors (Lipinski definition) is 6. The van der Waals surface area contributed by atoms with Crippen LogP contribution in [0.2, 0.25) is 10.0 Å². The summed E-state index contributed by atoms with van der Waals surface area (Å²) in [5, 5.41) is 6.89. The van der Waals surface area contributed by atoms with Gasteiger partial charge in [-0.2, -0.15) is 0 Å². The topological polar surface area (TPSA) is 93.7 Å². The summed E-state index contributed by atoms with van der Waals surface area (Å²) in [5.41, 5.74) is 4.50. The highest BCUT2D eigenvalue weighted by atomic mass is 127. The van der Waals surface area contributed by atoms with Gasteiger partial charge in [0.1, 0.15) is 0 Å². The zero-order chi connectivity index (χ0) is 27.0. The van der Waals surface area contributed by atoms with E-state index in [2.05, 4.69) is 33.2 Å². The van der Waals surface area contributed by atoms with Crippen molar-refractivity contribution < 1.29 is 23.9 Å². The van der Waals surface area contributed by atoms with Crippen molar-refractivity contribution in [3.8, 4) is 11.5 Å². The number of ether oxygens (including phenoxy) is 2. The Labute approximate surface area is 244 Å². The third kappa shape index (κ3) is 5.31. The molecular formula is C28H25Cl2IN2O5. The number of Topliss-reactive ketones (excluding diaryl/α,β-unsaturated/α-hetero) is 2. The molecule has 5 rings (SSSR count). The number of halogens is 3. The molecule has 0 atom stereocenters. The summed E-state index contributed by atoms with van der Waals surface area (Å²) in [6, 6.07) is 8.52. The lowest BCUT2D eigenvalue weighted by Crippen LogP contribution is -2.36. The fourth-order valence-electron chi connectivity index (χ4n) is 5.27. The van der Waals surface area contributed by atoms with E-state index >= 15 is 0 Å². The van der Waals surface area contributed by atoms with Crippen LogP contribution in [-0.4, -0.2) is 31.2 Å². The first-order chi connectivity index (χ1) is 18.3. The van der Waals surface area contributed by atoms with E-state index < -0.39 is 5.92 Å². The Balaban J connectivity index is 1.44. The summed E-state index contributed by atoms with van der Waals surface area (Å²) in [6.45, 7) is -0.263. The summed E-state index contributed by atoms with van der Waals surface area (Å²) in [4.78, 5) is 38.8. The summed E-state index contributed by atoms with van der Waals surface area (Å²) >= 11 is 14.1. The highest BCUT2D eigenvalue weighted by Crippen LogP contribution is 2.47. The molecule has 3 aliphatic rings. The van der Waals surface area contributed by atoms with Gasteiger partial charge in [0.2, 0.25) is 0 Å². The lowest BCUT2D eigenvalue weighted by Gasteiger charge is -2.37. The van der Waals surface area contributed by atoms with Gasteiger partial charge in [0.15, 0.2) is 29.7 Å². The van der Waals surface area contributed by atoms with Gasteiger partial charge < -0.3 is 20.1 Å². The zero-order valence-electron chi connectivity index (χ0n) is 20.6. The average molecular weight is 667 g/mol. The number of methoxy groups -OCH3 is 1. The Morgan fingerprint density at radius 1 is 1.00 bits per heavy atom. The molecule has 0 spiro atoms. The van der Waals surface area contributed by atoms with E-state index in [1.165, 1.54) is 7.11 Å². The van der Waals surface area contributed by atoms with Crippen molar-refractivity contribution in [2.45, 2.75) is 44.4 Å². The number of benzene rings is 2. The molecule has 38 heavy (non-hydrogen) atoms. The number of hydrogen-bond donors (Lipinski definition) is 2. The molecule has 0 saturated carbocycles. The maximum Gasteiger partial charge on any atom is 0.262 e. The first-order valence-corrected chi connectivity index (χ1v) is 14.1. The van der Waals surface area contributed by atoms with E-state index in [1.807, 2.05) is 12.1 Å². The molecule has 2 aromatic rings. The number of nitrogens with one attached hydrogen (secondary N) is 2. The van der Waals surface area contributed by atoms with Crippen LogP contribution in [0.4, 0.5) is 5.69 Å². The number of anilines is 1. The van der Waals surface area contributed by atoms with E-state index in [4.69, 9.17) is 32.7 Å². The molecule has 2 aliphatic carbocycles. The number of carbonyl (C=O) groups is 3. The van der Waals surface area contributed by atoms with Crippen molar-refractivity contribution in [2.24, 2.45) is 0 Å². The molecule has 7 nitrogen and oxygen atoms in total. The average Bonchev–Trinajstić information content (AvgIpc) is 2.89. The van der Waals surface area contributed by atoms with Crippen LogP contribution in [0.3, 0.4) is 0 Å². The summed E-state index contributed by atoms with van der Waals surface area (Å²) in [7, 11) is 1.52. The second-order valence-corrected chi connectivity index (χ2v) is 11.4. The number of allylic oxidation sites excluding steroid dienone is 4. The quantitative estimate of drug-likeness (QED) is 0.351. The molecular weight excluding hydrogens is 642 g/mol. The van der Waals surface area contributed by atoms with E-state index in [9.17, 15) is 14.4 Å². The van der Waals surface area contributed by atoms with Crippen LogP contribution in [0, 0.1) is 3.57 Å². The molecule has 1 heterocycles. The fraction of sp³-hybridized carbons (Fsp3) is 0.321. The molecule has 198 valence electrons. The van der Waals surface area contributed by atoms with Crippen molar-refractivity contribution in [1.29, 1.82) is 0 Å². The SMILES string of the molecule is COc1cc(C2C3=C(CCCC3=O)NC3=C2C(=O)CCC3)cc(I)c1OCC(=O)Nc1ccc(Cl)c(Cl)c1. The number of rotatable bonds is 6. The molecule has 2 N–H and O–H groups in total. The Hall–Kier alpha value is -2.56. The Bertz CT molecular complexity index is 1380. The van der Waals surface area contributed by atoms with Crippen molar-refractivity contribution in [2.75, 3.05) is 19.0 Å². The minimum Gasteiger partial charge on any atom is -0.493 e. The molecule has 1 amide bonds. The van der Waals surface area contributed by atoms with E-state index in [-0.39, 0.29) is 24.1 Å². The minimum atomic E-state index is -0.448. The van der Waals surface area contributed by atoms with Crippen molar-refractivity contribution >= 4 is 69.0 Å². The molecule has 0 aromatic heterocycles. The molecule has 0 unspecified atom stereocenters. The molecule has 1 aliphatic heterocycles. The fourth-order valence-corrected chi connectivity index (χ4v) is 6.35. The molecule has 0 radical (unpaired) electrons. The van der Waals surface area contributed by atoms with Crippen LogP contribution in [-0.2, 0) is 14.4 Å².